The summed E-state index contributed by atoms with van der Waals surface area (Å²) in [4.78, 5) is 14.6. The lowest BCUT2D eigenvalue weighted by atomic mass is 10.1. The quantitative estimate of drug-likeness (QED) is 0.870. The Morgan fingerprint density at radius 3 is 2.67 bits per heavy atom. The standard InChI is InChI=1S/C15H22N2O/c1-10-5-6-13(14(8-10)16-4)15(18)17-9-11(2)7-12(17)3/h5-6,8,11-12,16H,7,9H2,1-4H3. The fraction of sp³-hybridized carbons (Fsp3) is 0.533. The van der Waals surface area contributed by atoms with Gasteiger partial charge in [0.1, 0.15) is 0 Å². The lowest BCUT2D eigenvalue weighted by molar-refractivity contribution is 0.0745. The van der Waals surface area contributed by atoms with Crippen LogP contribution in [0.4, 0.5) is 5.69 Å². The minimum absolute atomic E-state index is 0.149. The van der Waals surface area contributed by atoms with E-state index < -0.39 is 0 Å². The molecule has 1 saturated heterocycles. The summed E-state index contributed by atoms with van der Waals surface area (Å²) in [5.41, 5.74) is 2.87. The van der Waals surface area contributed by atoms with Crippen LogP contribution in [0.5, 0.6) is 0 Å². The number of amides is 1. The van der Waals surface area contributed by atoms with Crippen molar-refractivity contribution < 1.29 is 4.79 Å². The van der Waals surface area contributed by atoms with Crippen LogP contribution in [-0.2, 0) is 0 Å². The summed E-state index contributed by atoms with van der Waals surface area (Å²) in [6.45, 7) is 7.25. The number of carbonyl (C=O) groups is 1. The maximum Gasteiger partial charge on any atom is 0.256 e. The van der Waals surface area contributed by atoms with Crippen LogP contribution in [0.3, 0.4) is 0 Å². The summed E-state index contributed by atoms with van der Waals surface area (Å²) < 4.78 is 0. The van der Waals surface area contributed by atoms with Gasteiger partial charge in [-0.2, -0.15) is 0 Å². The highest BCUT2D eigenvalue weighted by molar-refractivity contribution is 6.00. The van der Waals surface area contributed by atoms with Crippen molar-refractivity contribution in [3.8, 4) is 0 Å². The molecule has 0 radical (unpaired) electrons. The Labute approximate surface area is 109 Å². The second kappa shape index (κ2) is 5.01. The van der Waals surface area contributed by atoms with Gasteiger partial charge < -0.3 is 10.2 Å². The number of anilines is 1. The predicted molar refractivity (Wildman–Crippen MR) is 75.0 cm³/mol. The fourth-order valence-electron chi connectivity index (χ4n) is 2.79. The van der Waals surface area contributed by atoms with Gasteiger partial charge in [0, 0.05) is 25.3 Å². The molecule has 1 amide bonds. The first-order chi connectivity index (χ1) is 8.52. The molecule has 2 atom stereocenters. The zero-order chi connectivity index (χ0) is 13.3. The van der Waals surface area contributed by atoms with E-state index in [-0.39, 0.29) is 5.91 Å². The molecule has 1 aliphatic heterocycles. The number of carbonyl (C=O) groups excluding carboxylic acids is 1. The van der Waals surface area contributed by atoms with E-state index >= 15 is 0 Å². The van der Waals surface area contributed by atoms with Gasteiger partial charge in [-0.1, -0.05) is 13.0 Å². The summed E-state index contributed by atoms with van der Waals surface area (Å²) in [7, 11) is 1.86. The molecule has 1 N–H and O–H groups in total. The first-order valence-corrected chi connectivity index (χ1v) is 6.62. The van der Waals surface area contributed by atoms with Gasteiger partial charge >= 0.3 is 0 Å². The number of rotatable bonds is 2. The van der Waals surface area contributed by atoms with Gasteiger partial charge in [-0.05, 0) is 43.9 Å². The van der Waals surface area contributed by atoms with Gasteiger partial charge in [-0.15, -0.1) is 0 Å². The molecule has 18 heavy (non-hydrogen) atoms. The van der Waals surface area contributed by atoms with Gasteiger partial charge in [0.15, 0.2) is 0 Å². The van der Waals surface area contributed by atoms with Crippen molar-refractivity contribution in [2.24, 2.45) is 5.92 Å². The minimum atomic E-state index is 0.149. The van der Waals surface area contributed by atoms with Crippen LogP contribution >= 0.6 is 0 Å². The number of benzene rings is 1. The minimum Gasteiger partial charge on any atom is -0.387 e. The van der Waals surface area contributed by atoms with Crippen molar-refractivity contribution in [2.45, 2.75) is 33.2 Å². The van der Waals surface area contributed by atoms with Gasteiger partial charge in [0.05, 0.1) is 5.56 Å². The summed E-state index contributed by atoms with van der Waals surface area (Å²) in [6.07, 6.45) is 1.10. The van der Waals surface area contributed by atoms with E-state index in [0.717, 1.165) is 24.2 Å². The van der Waals surface area contributed by atoms with Crippen LogP contribution in [0, 0.1) is 12.8 Å². The lowest BCUT2D eigenvalue weighted by Crippen LogP contribution is -2.34. The number of aryl methyl sites for hydroxylation is 1. The molecular weight excluding hydrogens is 224 g/mol. The Morgan fingerprint density at radius 1 is 1.39 bits per heavy atom. The maximum atomic E-state index is 12.6. The van der Waals surface area contributed by atoms with E-state index in [1.807, 2.05) is 37.1 Å². The Bertz CT molecular complexity index is 456. The molecule has 1 aromatic carbocycles. The molecule has 0 aromatic heterocycles. The summed E-state index contributed by atoms with van der Waals surface area (Å²) in [6, 6.07) is 6.30. The highest BCUT2D eigenvalue weighted by Gasteiger charge is 2.31. The Hall–Kier alpha value is -1.51. The number of hydrogen-bond acceptors (Lipinski definition) is 2. The zero-order valence-electron chi connectivity index (χ0n) is 11.7. The third-order valence-corrected chi connectivity index (χ3v) is 3.72. The molecule has 0 aliphatic carbocycles. The van der Waals surface area contributed by atoms with Gasteiger partial charge in [-0.3, -0.25) is 4.79 Å². The number of nitrogens with one attached hydrogen (secondary N) is 1. The van der Waals surface area contributed by atoms with Crippen LogP contribution in [0.15, 0.2) is 18.2 Å². The van der Waals surface area contributed by atoms with E-state index in [4.69, 9.17) is 0 Å². The molecule has 1 heterocycles. The average Bonchev–Trinajstić information content (AvgIpc) is 2.67. The van der Waals surface area contributed by atoms with Crippen molar-refractivity contribution in [1.29, 1.82) is 0 Å². The number of nitrogens with zero attached hydrogens (tertiary/aromatic N) is 1. The van der Waals surface area contributed by atoms with Crippen molar-refractivity contribution in [1.82, 2.24) is 4.90 Å². The lowest BCUT2D eigenvalue weighted by Gasteiger charge is -2.23. The molecule has 0 bridgehead atoms. The van der Waals surface area contributed by atoms with E-state index in [1.165, 1.54) is 5.56 Å². The van der Waals surface area contributed by atoms with Crippen molar-refractivity contribution in [3.05, 3.63) is 29.3 Å². The molecule has 0 spiro atoms. The monoisotopic (exact) mass is 246 g/mol. The van der Waals surface area contributed by atoms with Crippen molar-refractivity contribution >= 4 is 11.6 Å². The smallest absolute Gasteiger partial charge is 0.256 e. The van der Waals surface area contributed by atoms with Crippen LogP contribution in [0.2, 0.25) is 0 Å². The predicted octanol–water partition coefficient (Wildman–Crippen LogP) is 2.91. The average molecular weight is 246 g/mol. The van der Waals surface area contributed by atoms with E-state index in [1.54, 1.807) is 0 Å². The maximum absolute atomic E-state index is 12.6. The molecule has 2 unspecified atom stereocenters. The third kappa shape index (κ3) is 2.35. The van der Waals surface area contributed by atoms with E-state index in [2.05, 4.69) is 19.2 Å². The van der Waals surface area contributed by atoms with Crippen molar-refractivity contribution in [2.75, 3.05) is 18.9 Å². The Morgan fingerprint density at radius 2 is 2.11 bits per heavy atom. The first kappa shape index (κ1) is 12.9. The zero-order valence-corrected chi connectivity index (χ0v) is 11.7. The molecule has 1 fully saturated rings. The second-order valence-electron chi connectivity index (χ2n) is 5.45. The van der Waals surface area contributed by atoms with E-state index in [9.17, 15) is 4.79 Å². The normalized spacial score (nSPS) is 23.2. The fourth-order valence-corrected chi connectivity index (χ4v) is 2.79. The van der Waals surface area contributed by atoms with Gasteiger partial charge in [0.2, 0.25) is 0 Å². The summed E-state index contributed by atoms with van der Waals surface area (Å²) >= 11 is 0. The molecule has 3 nitrogen and oxygen atoms in total. The van der Waals surface area contributed by atoms with Crippen LogP contribution in [0.1, 0.15) is 36.2 Å². The molecule has 0 saturated carbocycles. The highest BCUT2D eigenvalue weighted by atomic mass is 16.2. The Balaban J connectivity index is 2.29. The molecule has 3 heteroatoms. The Kier molecular flexibility index (Phi) is 3.60. The second-order valence-corrected chi connectivity index (χ2v) is 5.45. The summed E-state index contributed by atoms with van der Waals surface area (Å²) in [5.74, 6) is 0.753. The van der Waals surface area contributed by atoms with Crippen molar-refractivity contribution in [3.63, 3.8) is 0 Å². The van der Waals surface area contributed by atoms with Gasteiger partial charge in [0.25, 0.3) is 5.91 Å². The molecule has 98 valence electrons. The largest absolute Gasteiger partial charge is 0.387 e. The molecule has 2 rings (SSSR count). The number of likely N-dealkylation sites (tertiary alicyclic amines) is 1. The van der Waals surface area contributed by atoms with Crippen LogP contribution in [0.25, 0.3) is 0 Å². The molecular formula is C15H22N2O. The van der Waals surface area contributed by atoms with Crippen LogP contribution < -0.4 is 5.32 Å². The highest BCUT2D eigenvalue weighted by Crippen LogP contribution is 2.27. The molecule has 1 aliphatic rings. The first-order valence-electron chi connectivity index (χ1n) is 6.62. The third-order valence-electron chi connectivity index (χ3n) is 3.72. The van der Waals surface area contributed by atoms with Crippen LogP contribution in [-0.4, -0.2) is 30.4 Å². The molecule has 1 aromatic rings. The number of hydrogen-bond donors (Lipinski definition) is 1. The van der Waals surface area contributed by atoms with E-state index in [0.29, 0.717) is 12.0 Å². The topological polar surface area (TPSA) is 32.3 Å². The summed E-state index contributed by atoms with van der Waals surface area (Å²) in [5, 5.41) is 3.12. The SMILES string of the molecule is CNc1cc(C)ccc1C(=O)N1CC(C)CC1C. The van der Waals surface area contributed by atoms with Gasteiger partial charge in [-0.25, -0.2) is 0 Å².